The van der Waals surface area contributed by atoms with E-state index in [1.165, 1.54) is 17.0 Å². The van der Waals surface area contributed by atoms with Crippen LogP contribution in [0, 0.1) is 0 Å². The van der Waals surface area contributed by atoms with Gasteiger partial charge in [-0.15, -0.1) is 0 Å². The van der Waals surface area contributed by atoms with E-state index in [-0.39, 0.29) is 7.92 Å². The molecule has 0 aliphatic heterocycles. The van der Waals surface area contributed by atoms with E-state index in [0.717, 1.165) is 0 Å². The normalized spacial score (nSPS) is 24.0. The molecule has 1 nitrogen and oxygen atoms in total. The second kappa shape index (κ2) is 15.4. The Kier molecular flexibility index (Phi) is 15.0. The molecule has 0 bridgehead atoms. The Bertz CT molecular complexity index is 248. The van der Waals surface area contributed by atoms with Crippen LogP contribution in [0.2, 0.25) is 0 Å². The Labute approximate surface area is 167 Å². The van der Waals surface area contributed by atoms with E-state index in [2.05, 4.69) is 6.79 Å². The monoisotopic (exact) mass is 575 g/mol. The van der Waals surface area contributed by atoms with Gasteiger partial charge in [-0.05, 0) is 77.0 Å². The molecule has 3 rings (SSSR count). The van der Waals surface area contributed by atoms with Crippen LogP contribution >= 0.6 is 26.8 Å². The van der Waals surface area contributed by atoms with Crippen molar-refractivity contribution in [1.82, 2.24) is 0 Å². The summed E-state index contributed by atoms with van der Waals surface area (Å²) in [5, 5.41) is 0. The first-order valence-electron chi connectivity index (χ1n) is 9.79. The third kappa shape index (κ3) is 8.37. The second-order valence-electron chi connectivity index (χ2n) is 7.55. The molecule has 0 unspecified atom stereocenters. The van der Waals surface area contributed by atoms with Gasteiger partial charge in [0.25, 0.3) is 0 Å². The van der Waals surface area contributed by atoms with Gasteiger partial charge in [-0.25, -0.2) is 0 Å². The summed E-state index contributed by atoms with van der Waals surface area (Å²) >= 11 is -0.472. The molecule has 3 fully saturated rings. The van der Waals surface area contributed by atoms with Crippen molar-refractivity contribution < 1.29 is 21.3 Å². The zero-order chi connectivity index (χ0) is 17.6. The SMILES string of the molecule is C1CCC([PH+](C2CCCCC2)C2CCCCC2)CC1.[CH-]=O.[Cl][Pt][Cl]. The summed E-state index contributed by atoms with van der Waals surface area (Å²) in [5.74, 6) is 0. The summed E-state index contributed by atoms with van der Waals surface area (Å²) in [7, 11) is 9.70. The topological polar surface area (TPSA) is 17.1 Å². The molecule has 0 aromatic rings. The molecule has 0 atom stereocenters. The predicted molar refractivity (Wildman–Crippen MR) is 107 cm³/mol. The van der Waals surface area contributed by atoms with Crippen molar-refractivity contribution >= 4 is 33.5 Å². The van der Waals surface area contributed by atoms with Gasteiger partial charge in [0.05, 0.1) is 17.0 Å². The molecule has 146 valence electrons. The van der Waals surface area contributed by atoms with Crippen LogP contribution in [-0.4, -0.2) is 23.8 Å². The number of halogens is 2. The standard InChI is InChI=1S/C18H33P.CHO.2ClH.Pt/c1-4-10-16(11-5-1)19(17-12-6-2-7-13-17)18-14-8-3-9-15-18;1-2;;;/h16-18H,1-15H2;1H;2*1H;/q;-1;;;+2/p-1. The molecule has 0 amide bonds. The van der Waals surface area contributed by atoms with Gasteiger partial charge < -0.3 is 4.79 Å². The third-order valence-electron chi connectivity index (χ3n) is 6.23. The summed E-state index contributed by atoms with van der Waals surface area (Å²) in [6.45, 7) is 3.25. The molecule has 24 heavy (non-hydrogen) atoms. The second-order valence-corrected chi connectivity index (χ2v) is 14.3. The van der Waals surface area contributed by atoms with Crippen LogP contribution in [0.4, 0.5) is 0 Å². The maximum atomic E-state index is 7.75. The average Bonchev–Trinajstić information content (AvgIpc) is 2.67. The molecule has 3 saturated carbocycles. The minimum atomic E-state index is -0.472. The van der Waals surface area contributed by atoms with Crippen LogP contribution in [0.3, 0.4) is 0 Å². The average molecular weight is 576 g/mol. The van der Waals surface area contributed by atoms with E-state index in [1.807, 2.05) is 0 Å². The number of hydrogen-bond donors (Lipinski definition) is 0. The first kappa shape index (κ1) is 23.4. The summed E-state index contributed by atoms with van der Waals surface area (Å²) in [6.07, 6.45) is 23.8. The van der Waals surface area contributed by atoms with Crippen LogP contribution < -0.4 is 0 Å². The quantitative estimate of drug-likeness (QED) is 0.196. The molecule has 0 N–H and O–H groups in total. The molecular weight excluding hydrogens is 541 g/mol. The fraction of sp³-hybridized carbons (Fsp3) is 0.947. The molecule has 3 aliphatic rings. The Morgan fingerprint density at radius 3 is 1.00 bits per heavy atom. The van der Waals surface area contributed by atoms with Gasteiger partial charge in [0, 0.05) is 7.92 Å². The summed E-state index contributed by atoms with van der Waals surface area (Å²) in [5.41, 5.74) is 3.68. The van der Waals surface area contributed by atoms with Crippen molar-refractivity contribution in [2.75, 3.05) is 0 Å². The van der Waals surface area contributed by atoms with Gasteiger partial charge in [0.1, 0.15) is 0 Å². The predicted octanol–water partition coefficient (Wildman–Crippen LogP) is 7.30. The summed E-state index contributed by atoms with van der Waals surface area (Å²) in [4.78, 5) is 7.75. The molecule has 0 saturated heterocycles. The van der Waals surface area contributed by atoms with Crippen molar-refractivity contribution in [2.24, 2.45) is 0 Å². The Balaban J connectivity index is 0.000000521. The van der Waals surface area contributed by atoms with Crippen LogP contribution in [0.1, 0.15) is 96.3 Å². The van der Waals surface area contributed by atoms with E-state index >= 15 is 0 Å². The Morgan fingerprint density at radius 1 is 0.583 bits per heavy atom. The van der Waals surface area contributed by atoms with Gasteiger partial charge in [0.15, 0.2) is 0 Å². The zero-order valence-electron chi connectivity index (χ0n) is 14.9. The molecule has 0 spiro atoms. The van der Waals surface area contributed by atoms with Crippen LogP contribution in [0.15, 0.2) is 0 Å². The number of hydrogen-bond acceptors (Lipinski definition) is 1. The van der Waals surface area contributed by atoms with Crippen molar-refractivity contribution in [3.8, 4) is 0 Å². The minimum absolute atomic E-state index is 0.0465. The van der Waals surface area contributed by atoms with Gasteiger partial charge in [-0.2, -0.15) is 0 Å². The summed E-state index contributed by atoms with van der Waals surface area (Å²) < 4.78 is 0. The molecule has 0 aromatic heterocycles. The number of carbonyl (C=O) groups excluding carboxylic acids is 1. The zero-order valence-corrected chi connectivity index (χ0v) is 19.7. The van der Waals surface area contributed by atoms with Gasteiger partial charge in [0.2, 0.25) is 0 Å². The van der Waals surface area contributed by atoms with Crippen LogP contribution in [0.25, 0.3) is 0 Å². The fourth-order valence-electron chi connectivity index (χ4n) is 5.31. The van der Waals surface area contributed by atoms with E-state index in [4.69, 9.17) is 23.6 Å². The van der Waals surface area contributed by atoms with E-state index < -0.39 is 16.5 Å². The van der Waals surface area contributed by atoms with Crippen molar-refractivity contribution in [2.45, 2.75) is 113 Å². The van der Waals surface area contributed by atoms with Crippen molar-refractivity contribution in [1.29, 1.82) is 0 Å². The van der Waals surface area contributed by atoms with E-state index in [1.54, 1.807) is 96.3 Å². The molecule has 0 radical (unpaired) electrons. The fourth-order valence-corrected chi connectivity index (χ4v) is 10.5. The first-order valence-corrected chi connectivity index (χ1v) is 17.2. The van der Waals surface area contributed by atoms with Crippen LogP contribution in [-0.2, 0) is 21.3 Å². The Hall–Kier alpha value is 1.37. The number of rotatable bonds is 3. The van der Waals surface area contributed by atoms with E-state index in [0.29, 0.717) is 0 Å². The van der Waals surface area contributed by atoms with Gasteiger partial charge >= 0.3 is 35.3 Å². The molecule has 5 heteroatoms. The molecule has 0 aromatic carbocycles. The summed E-state index contributed by atoms with van der Waals surface area (Å²) in [6, 6.07) is 0. The molecule has 0 heterocycles. The molecular formula is C19H35Cl2OPPt. The third-order valence-corrected chi connectivity index (χ3v) is 10.8. The van der Waals surface area contributed by atoms with Crippen LogP contribution in [0.5, 0.6) is 0 Å². The van der Waals surface area contributed by atoms with Gasteiger partial charge in [-0.1, -0.05) is 19.3 Å². The first-order chi connectivity index (χ1) is 11.9. The Morgan fingerprint density at radius 2 is 0.792 bits per heavy atom. The van der Waals surface area contributed by atoms with Gasteiger partial charge in [-0.3, -0.25) is 6.79 Å². The van der Waals surface area contributed by atoms with E-state index in [9.17, 15) is 0 Å². The van der Waals surface area contributed by atoms with Crippen molar-refractivity contribution in [3.05, 3.63) is 0 Å². The maximum absolute atomic E-state index is 7.75. The van der Waals surface area contributed by atoms with Crippen molar-refractivity contribution in [3.63, 3.8) is 0 Å². The molecule has 3 aliphatic carbocycles.